The van der Waals surface area contributed by atoms with Crippen LogP contribution in [0.25, 0.3) is 0 Å². The Balaban J connectivity index is 2.09. The van der Waals surface area contributed by atoms with Crippen molar-refractivity contribution in [3.8, 4) is 0 Å². The Labute approximate surface area is 124 Å². The fourth-order valence-electron chi connectivity index (χ4n) is 2.60. The highest BCUT2D eigenvalue weighted by Crippen LogP contribution is 2.28. The molecule has 0 saturated carbocycles. The first kappa shape index (κ1) is 15.4. The van der Waals surface area contributed by atoms with E-state index in [1.807, 2.05) is 13.8 Å². The normalized spacial score (nSPS) is 15.7. The lowest BCUT2D eigenvalue weighted by molar-refractivity contribution is -0.384. The van der Waals surface area contributed by atoms with Crippen molar-refractivity contribution in [2.75, 3.05) is 18.4 Å². The highest BCUT2D eigenvalue weighted by Gasteiger charge is 2.20. The van der Waals surface area contributed by atoms with Gasteiger partial charge in [0, 0.05) is 12.5 Å². The van der Waals surface area contributed by atoms with E-state index in [2.05, 4.69) is 10.6 Å². The predicted molar refractivity (Wildman–Crippen MR) is 81.4 cm³/mol. The molecule has 1 heterocycles. The summed E-state index contributed by atoms with van der Waals surface area (Å²) >= 11 is 0. The second kappa shape index (κ2) is 6.67. The molecule has 1 aromatic rings. The summed E-state index contributed by atoms with van der Waals surface area (Å²) in [4.78, 5) is 22.7. The monoisotopic (exact) mass is 291 g/mol. The first-order valence-electron chi connectivity index (χ1n) is 7.23. The molecule has 1 saturated heterocycles. The molecular formula is C15H21N3O3. The number of rotatable bonds is 4. The Kier molecular flexibility index (Phi) is 4.90. The van der Waals surface area contributed by atoms with Crippen LogP contribution in [0.3, 0.4) is 0 Å². The lowest BCUT2D eigenvalue weighted by atomic mass is 9.94. The number of nitro groups is 1. The summed E-state index contributed by atoms with van der Waals surface area (Å²) < 4.78 is 0. The predicted octanol–water partition coefficient (Wildman–Crippen LogP) is 2.54. The fourth-order valence-corrected chi connectivity index (χ4v) is 2.60. The van der Waals surface area contributed by atoms with Gasteiger partial charge in [0.05, 0.1) is 4.92 Å². The van der Waals surface area contributed by atoms with Gasteiger partial charge in [-0.2, -0.15) is 0 Å². The maximum absolute atomic E-state index is 12.1. The molecule has 1 amide bonds. The van der Waals surface area contributed by atoms with Crippen LogP contribution in [-0.2, 0) is 4.79 Å². The van der Waals surface area contributed by atoms with Crippen LogP contribution < -0.4 is 10.6 Å². The number of piperidine rings is 1. The van der Waals surface area contributed by atoms with Crippen LogP contribution in [-0.4, -0.2) is 23.9 Å². The van der Waals surface area contributed by atoms with Gasteiger partial charge in [-0.05, 0) is 62.9 Å². The lowest BCUT2D eigenvalue weighted by Crippen LogP contribution is -2.30. The molecule has 114 valence electrons. The van der Waals surface area contributed by atoms with Crippen molar-refractivity contribution in [3.63, 3.8) is 0 Å². The van der Waals surface area contributed by atoms with Gasteiger partial charge in [-0.15, -0.1) is 0 Å². The Morgan fingerprint density at radius 3 is 2.57 bits per heavy atom. The zero-order chi connectivity index (χ0) is 15.4. The zero-order valence-electron chi connectivity index (χ0n) is 12.4. The van der Waals surface area contributed by atoms with Crippen LogP contribution in [0.4, 0.5) is 11.4 Å². The molecule has 6 nitrogen and oxygen atoms in total. The minimum Gasteiger partial charge on any atom is -0.320 e. The number of hydrogen-bond acceptors (Lipinski definition) is 4. The lowest BCUT2D eigenvalue weighted by Gasteiger charge is -2.22. The number of anilines is 1. The number of carbonyl (C=O) groups excluding carboxylic acids is 1. The number of nitro benzene ring substituents is 1. The van der Waals surface area contributed by atoms with E-state index in [9.17, 15) is 14.9 Å². The molecule has 0 bridgehead atoms. The highest BCUT2D eigenvalue weighted by atomic mass is 16.6. The third-order valence-corrected chi connectivity index (χ3v) is 4.02. The zero-order valence-corrected chi connectivity index (χ0v) is 12.4. The number of nitrogens with one attached hydrogen (secondary N) is 2. The van der Waals surface area contributed by atoms with Gasteiger partial charge in [0.2, 0.25) is 5.91 Å². The number of hydrogen-bond donors (Lipinski definition) is 2. The molecule has 1 aliphatic heterocycles. The Hall–Kier alpha value is -1.95. The minimum atomic E-state index is -0.452. The van der Waals surface area contributed by atoms with Crippen molar-refractivity contribution in [3.05, 3.63) is 33.4 Å². The van der Waals surface area contributed by atoms with Crippen molar-refractivity contribution in [1.82, 2.24) is 5.32 Å². The van der Waals surface area contributed by atoms with Gasteiger partial charge < -0.3 is 10.6 Å². The molecule has 0 aromatic heterocycles. The molecule has 0 aliphatic carbocycles. The molecule has 1 aromatic carbocycles. The average Bonchev–Trinajstić information content (AvgIpc) is 2.43. The summed E-state index contributed by atoms with van der Waals surface area (Å²) in [6.07, 6.45) is 2.37. The van der Waals surface area contributed by atoms with Gasteiger partial charge in [-0.1, -0.05) is 0 Å². The van der Waals surface area contributed by atoms with Gasteiger partial charge in [0.15, 0.2) is 0 Å². The largest absolute Gasteiger partial charge is 0.320 e. The summed E-state index contributed by atoms with van der Waals surface area (Å²) in [5.74, 6) is 0.213. The van der Waals surface area contributed by atoms with Gasteiger partial charge in [0.1, 0.15) is 5.69 Å². The first-order valence-corrected chi connectivity index (χ1v) is 7.23. The van der Waals surface area contributed by atoms with Crippen molar-refractivity contribution >= 4 is 17.3 Å². The average molecular weight is 291 g/mol. The molecule has 0 radical (unpaired) electrons. The standard InChI is InChI=1S/C15H21N3O3/c1-10-7-13(14(18(20)21)8-11(10)2)17-15(19)9-12-3-5-16-6-4-12/h7-8,12,16H,3-6,9H2,1-2H3,(H,17,19). The summed E-state index contributed by atoms with van der Waals surface area (Å²) in [7, 11) is 0. The first-order chi connectivity index (χ1) is 9.97. The minimum absolute atomic E-state index is 0.0447. The molecule has 6 heteroatoms. The Morgan fingerprint density at radius 2 is 1.95 bits per heavy atom. The van der Waals surface area contributed by atoms with Gasteiger partial charge in [-0.25, -0.2) is 0 Å². The molecule has 0 atom stereocenters. The van der Waals surface area contributed by atoms with Crippen molar-refractivity contribution < 1.29 is 9.72 Å². The Bertz CT molecular complexity index is 551. The topological polar surface area (TPSA) is 84.3 Å². The van der Waals surface area contributed by atoms with Crippen LogP contribution in [0.5, 0.6) is 0 Å². The van der Waals surface area contributed by atoms with E-state index in [0.717, 1.165) is 37.1 Å². The second-order valence-electron chi connectivity index (χ2n) is 5.66. The molecule has 0 unspecified atom stereocenters. The fraction of sp³-hybridized carbons (Fsp3) is 0.533. The van der Waals surface area contributed by atoms with E-state index in [4.69, 9.17) is 0 Å². The quantitative estimate of drug-likeness (QED) is 0.659. The second-order valence-corrected chi connectivity index (χ2v) is 5.66. The van der Waals surface area contributed by atoms with Gasteiger partial charge in [-0.3, -0.25) is 14.9 Å². The van der Waals surface area contributed by atoms with E-state index in [1.54, 1.807) is 6.07 Å². The van der Waals surface area contributed by atoms with Crippen LogP contribution >= 0.6 is 0 Å². The molecule has 1 aliphatic rings. The number of amides is 1. The summed E-state index contributed by atoms with van der Waals surface area (Å²) in [6.45, 7) is 5.56. The van der Waals surface area contributed by atoms with Crippen molar-refractivity contribution in [1.29, 1.82) is 0 Å². The molecule has 0 spiro atoms. The maximum Gasteiger partial charge on any atom is 0.293 e. The third-order valence-electron chi connectivity index (χ3n) is 4.02. The highest BCUT2D eigenvalue weighted by molar-refractivity contribution is 5.93. The van der Waals surface area contributed by atoms with E-state index < -0.39 is 4.92 Å². The SMILES string of the molecule is Cc1cc(NC(=O)CC2CCNCC2)c([N+](=O)[O-])cc1C. The van der Waals surface area contributed by atoms with E-state index in [1.165, 1.54) is 6.07 Å². The van der Waals surface area contributed by atoms with E-state index in [0.29, 0.717) is 18.0 Å². The summed E-state index contributed by atoms with van der Waals surface area (Å²) in [5, 5.41) is 17.1. The molecule has 2 N–H and O–H groups in total. The van der Waals surface area contributed by atoms with Gasteiger partial charge >= 0.3 is 0 Å². The maximum atomic E-state index is 12.1. The number of carbonyl (C=O) groups is 1. The van der Waals surface area contributed by atoms with Crippen LogP contribution in [0.1, 0.15) is 30.4 Å². The Morgan fingerprint density at radius 1 is 1.33 bits per heavy atom. The smallest absolute Gasteiger partial charge is 0.293 e. The number of aryl methyl sites for hydroxylation is 2. The number of benzene rings is 1. The molecule has 2 rings (SSSR count). The molecule has 21 heavy (non-hydrogen) atoms. The molecule has 1 fully saturated rings. The van der Waals surface area contributed by atoms with Crippen molar-refractivity contribution in [2.24, 2.45) is 5.92 Å². The van der Waals surface area contributed by atoms with Gasteiger partial charge in [0.25, 0.3) is 5.69 Å². The summed E-state index contributed by atoms with van der Waals surface area (Å²) in [5.41, 5.74) is 2.02. The third kappa shape index (κ3) is 4.01. The summed E-state index contributed by atoms with van der Waals surface area (Å²) in [6, 6.07) is 3.18. The van der Waals surface area contributed by atoms with Crippen LogP contribution in [0.2, 0.25) is 0 Å². The van der Waals surface area contributed by atoms with Crippen LogP contribution in [0.15, 0.2) is 12.1 Å². The molecular weight excluding hydrogens is 270 g/mol. The van der Waals surface area contributed by atoms with E-state index >= 15 is 0 Å². The van der Waals surface area contributed by atoms with Crippen molar-refractivity contribution in [2.45, 2.75) is 33.1 Å². The van der Waals surface area contributed by atoms with E-state index in [-0.39, 0.29) is 11.6 Å². The van der Waals surface area contributed by atoms with Crippen LogP contribution in [0, 0.1) is 29.9 Å². The number of nitrogens with zero attached hydrogens (tertiary/aromatic N) is 1.